The number of nitrogens with one attached hydrogen (secondary N) is 1. The van der Waals surface area contributed by atoms with Gasteiger partial charge in [0.15, 0.2) is 0 Å². The fraction of sp³-hybridized carbons (Fsp3) is 0.906. The second-order valence-electron chi connectivity index (χ2n) is 14.2. The highest BCUT2D eigenvalue weighted by Crippen LogP contribution is 2.34. The first-order valence-corrected chi connectivity index (χ1v) is 19.0. The zero-order valence-electron chi connectivity index (χ0n) is 29.3. The van der Waals surface area contributed by atoms with Crippen LogP contribution in [0, 0.1) is 0 Å². The molecular weight excluding hydrogens is 614 g/mol. The van der Waals surface area contributed by atoms with Crippen LogP contribution in [0.1, 0.15) is 119 Å². The lowest BCUT2D eigenvalue weighted by Crippen LogP contribution is -2.61. The number of fused-ring (bicyclic) bond motifs is 2. The summed E-state index contributed by atoms with van der Waals surface area (Å²) in [4.78, 5) is 47.7. The number of nitrogens with zero attached hydrogens (tertiary/aromatic N) is 4. The number of carbonyl (C=O) groups is 3. The van der Waals surface area contributed by atoms with E-state index in [1.165, 1.54) is 4.90 Å². The number of likely N-dealkylation sites (tertiary alicyclic amines) is 1. The molecule has 3 aliphatic rings. The summed E-state index contributed by atoms with van der Waals surface area (Å²) in [6, 6.07) is -1.90. The van der Waals surface area contributed by atoms with E-state index < -0.39 is 57.3 Å². The van der Waals surface area contributed by atoms with Crippen LogP contribution < -0.4 is 5.48 Å². The molecule has 3 saturated heterocycles. The Morgan fingerprint density at radius 3 is 2.09 bits per heavy atom. The van der Waals surface area contributed by atoms with E-state index in [1.807, 2.05) is 6.92 Å². The topological polar surface area (TPSA) is 135 Å². The van der Waals surface area contributed by atoms with Crippen LogP contribution in [0.15, 0.2) is 0 Å². The third-order valence-electron chi connectivity index (χ3n) is 9.28. The van der Waals surface area contributed by atoms with Crippen LogP contribution in [0.3, 0.4) is 0 Å². The van der Waals surface area contributed by atoms with Gasteiger partial charge in [-0.15, -0.1) is 4.28 Å². The maximum absolute atomic E-state index is 14.2. The highest BCUT2D eigenvalue weighted by atomic mass is 32.2. The van der Waals surface area contributed by atoms with Gasteiger partial charge in [0.25, 0.3) is 5.91 Å². The van der Waals surface area contributed by atoms with Crippen LogP contribution in [-0.4, -0.2) is 114 Å². The SMILES string of the molecule is CCCC[N+](CCCC)(CCCC)C(CCC)S(=O)(=O)ON1C(=O)N2C[C@H]1CC[C@H]2C(=O)NO[C@@H]1CCN(C(=O)OC(C)(C)C)C1. The lowest BCUT2D eigenvalue weighted by atomic mass is 10.0. The molecule has 0 aromatic carbocycles. The molecule has 0 radical (unpaired) electrons. The molecular formula is C32H60N5O8S+. The van der Waals surface area contributed by atoms with E-state index in [2.05, 4.69) is 26.3 Å². The maximum Gasteiger partial charge on any atom is 0.410 e. The van der Waals surface area contributed by atoms with E-state index in [0.717, 1.165) is 63.2 Å². The van der Waals surface area contributed by atoms with Crippen molar-refractivity contribution in [1.82, 2.24) is 20.3 Å². The number of carbonyl (C=O) groups excluding carboxylic acids is 3. The number of amides is 4. The monoisotopic (exact) mass is 674 g/mol. The highest BCUT2D eigenvalue weighted by molar-refractivity contribution is 7.87. The third kappa shape index (κ3) is 9.70. The maximum atomic E-state index is 14.2. The van der Waals surface area contributed by atoms with Crippen LogP contribution in [0.25, 0.3) is 0 Å². The van der Waals surface area contributed by atoms with Gasteiger partial charge in [-0.2, -0.15) is 13.5 Å². The van der Waals surface area contributed by atoms with Gasteiger partial charge in [-0.1, -0.05) is 47.0 Å². The molecule has 3 rings (SSSR count). The Morgan fingerprint density at radius 1 is 0.935 bits per heavy atom. The molecule has 46 heavy (non-hydrogen) atoms. The van der Waals surface area contributed by atoms with Crippen molar-refractivity contribution in [2.75, 3.05) is 39.3 Å². The van der Waals surface area contributed by atoms with Gasteiger partial charge in [-0.05, 0) is 65.7 Å². The summed E-state index contributed by atoms with van der Waals surface area (Å²) < 4.78 is 40.0. The molecule has 13 nitrogen and oxygen atoms in total. The Morgan fingerprint density at radius 2 is 1.54 bits per heavy atom. The number of hydrogen-bond donors (Lipinski definition) is 1. The first-order valence-electron chi connectivity index (χ1n) is 17.5. The summed E-state index contributed by atoms with van der Waals surface area (Å²) in [5.74, 6) is -0.481. The molecule has 14 heteroatoms. The zero-order valence-corrected chi connectivity index (χ0v) is 30.1. The van der Waals surface area contributed by atoms with Crippen molar-refractivity contribution in [2.45, 2.75) is 148 Å². The fourth-order valence-corrected chi connectivity index (χ4v) is 8.71. The summed E-state index contributed by atoms with van der Waals surface area (Å²) in [6.45, 7) is 16.9. The van der Waals surface area contributed by atoms with Crippen LogP contribution in [0.5, 0.6) is 0 Å². The summed E-state index contributed by atoms with van der Waals surface area (Å²) in [6.07, 6.45) is 7.25. The molecule has 266 valence electrons. The number of unbranched alkanes of at least 4 members (excludes halogenated alkanes) is 3. The minimum Gasteiger partial charge on any atom is -0.444 e. The van der Waals surface area contributed by atoms with E-state index in [1.54, 1.807) is 25.7 Å². The average Bonchev–Trinajstić information content (AvgIpc) is 3.57. The van der Waals surface area contributed by atoms with E-state index in [9.17, 15) is 22.8 Å². The van der Waals surface area contributed by atoms with Crippen molar-refractivity contribution < 1.29 is 41.1 Å². The molecule has 0 aromatic heterocycles. The molecule has 1 N–H and O–H groups in total. The second-order valence-corrected chi connectivity index (χ2v) is 15.9. The third-order valence-corrected chi connectivity index (χ3v) is 11.0. The standard InChI is InChI=1S/C32H59N5O8S/c1-8-12-20-37(21-13-9-2,22-14-10-3)28(15-11-4)46(41,42)45-36-25-16-17-27(35(23-25)30(36)39)29(38)33-44-26-18-19-34(24-26)31(40)43-32(5,6)7/h25-28H,8-24H2,1-7H3/p+1/t25-,26-,27+,28?/m1/s1. The van der Waals surface area contributed by atoms with Gasteiger partial charge in [0.05, 0.1) is 32.2 Å². The molecule has 0 spiro atoms. The Labute approximate surface area is 276 Å². The van der Waals surface area contributed by atoms with Crippen molar-refractivity contribution in [2.24, 2.45) is 0 Å². The molecule has 0 aromatic rings. The minimum absolute atomic E-state index is 0.197. The van der Waals surface area contributed by atoms with Gasteiger partial charge >= 0.3 is 22.2 Å². The van der Waals surface area contributed by atoms with Gasteiger partial charge in [-0.3, -0.25) is 9.63 Å². The smallest absolute Gasteiger partial charge is 0.410 e. The van der Waals surface area contributed by atoms with E-state index in [-0.39, 0.29) is 13.1 Å². The van der Waals surface area contributed by atoms with Crippen molar-refractivity contribution in [3.8, 4) is 0 Å². The summed E-state index contributed by atoms with van der Waals surface area (Å²) >= 11 is 0. The van der Waals surface area contributed by atoms with Gasteiger partial charge in [0.1, 0.15) is 17.7 Å². The van der Waals surface area contributed by atoms with Crippen molar-refractivity contribution >= 4 is 28.1 Å². The second kappa shape index (κ2) is 16.8. The van der Waals surface area contributed by atoms with Gasteiger partial charge in [-0.25, -0.2) is 15.1 Å². The Balaban J connectivity index is 1.68. The lowest BCUT2D eigenvalue weighted by Gasteiger charge is -2.44. The van der Waals surface area contributed by atoms with Crippen molar-refractivity contribution in [3.63, 3.8) is 0 Å². The normalized spacial score (nSPS) is 22.8. The van der Waals surface area contributed by atoms with Gasteiger partial charge < -0.3 is 19.0 Å². The molecule has 2 bridgehead atoms. The zero-order chi connectivity index (χ0) is 34.1. The summed E-state index contributed by atoms with van der Waals surface area (Å²) in [5.41, 5.74) is 1.88. The van der Waals surface area contributed by atoms with Crippen molar-refractivity contribution in [3.05, 3.63) is 0 Å². The molecule has 3 heterocycles. The number of rotatable bonds is 18. The van der Waals surface area contributed by atoms with Crippen LogP contribution in [-0.2, 0) is 28.8 Å². The summed E-state index contributed by atoms with van der Waals surface area (Å²) in [7, 11) is -4.19. The Kier molecular flexibility index (Phi) is 14.0. The van der Waals surface area contributed by atoms with E-state index >= 15 is 0 Å². The van der Waals surface area contributed by atoms with Gasteiger partial charge in [0, 0.05) is 19.5 Å². The van der Waals surface area contributed by atoms with Crippen LogP contribution >= 0.6 is 0 Å². The molecule has 3 fully saturated rings. The Hall–Kier alpha value is -2.16. The summed E-state index contributed by atoms with van der Waals surface area (Å²) in [5, 5.41) is 0.236. The lowest BCUT2D eigenvalue weighted by molar-refractivity contribution is -0.939. The number of quaternary nitrogens is 1. The highest BCUT2D eigenvalue weighted by Gasteiger charge is 2.53. The van der Waals surface area contributed by atoms with E-state index in [4.69, 9.17) is 13.9 Å². The number of ether oxygens (including phenoxy) is 1. The van der Waals surface area contributed by atoms with Crippen molar-refractivity contribution in [1.29, 1.82) is 0 Å². The largest absolute Gasteiger partial charge is 0.444 e. The van der Waals surface area contributed by atoms with Crippen LogP contribution in [0.2, 0.25) is 0 Å². The predicted molar refractivity (Wildman–Crippen MR) is 174 cm³/mol. The molecule has 4 amide bonds. The number of hydrogen-bond acceptors (Lipinski definition) is 8. The minimum atomic E-state index is -4.19. The number of piperidine rings is 1. The van der Waals surface area contributed by atoms with E-state index in [0.29, 0.717) is 43.1 Å². The molecule has 4 atom stereocenters. The number of hydroxylamine groups is 3. The molecule has 0 aliphatic carbocycles. The molecule has 0 saturated carbocycles. The predicted octanol–water partition coefficient (Wildman–Crippen LogP) is 4.92. The molecule has 1 unspecified atom stereocenters. The average molecular weight is 675 g/mol. The quantitative estimate of drug-likeness (QED) is 0.160. The Bertz CT molecular complexity index is 1110. The first kappa shape index (κ1) is 38.3. The van der Waals surface area contributed by atoms with Gasteiger partial charge in [0.2, 0.25) is 5.37 Å². The first-order chi connectivity index (χ1) is 21.7. The fourth-order valence-electron chi connectivity index (χ4n) is 6.82. The van der Waals surface area contributed by atoms with Crippen LogP contribution in [0.4, 0.5) is 9.59 Å². The molecule has 3 aliphatic heterocycles. The number of urea groups is 1.